The van der Waals surface area contributed by atoms with E-state index in [-0.39, 0.29) is 23.5 Å². The van der Waals surface area contributed by atoms with E-state index < -0.39 is 6.61 Å². The first-order valence-corrected chi connectivity index (χ1v) is 5.97. The molecule has 5 heteroatoms. The minimum atomic E-state index is -2.92. The van der Waals surface area contributed by atoms with Gasteiger partial charge in [-0.15, -0.1) is 11.8 Å². The summed E-state index contributed by atoms with van der Waals surface area (Å²) in [4.78, 5) is 12.3. The van der Waals surface area contributed by atoms with Crippen molar-refractivity contribution in [1.29, 1.82) is 0 Å². The van der Waals surface area contributed by atoms with Crippen LogP contribution < -0.4 is 4.74 Å². The van der Waals surface area contributed by atoms with Crippen LogP contribution in [0.15, 0.2) is 23.1 Å². The van der Waals surface area contributed by atoms with Gasteiger partial charge in [0.2, 0.25) is 0 Å². The Morgan fingerprint density at radius 1 is 1.50 bits per heavy atom. The molecule has 0 aliphatic heterocycles. The van der Waals surface area contributed by atoms with Gasteiger partial charge >= 0.3 is 6.61 Å². The Bertz CT molecular complexity index is 380. The SMILES string of the molecule is CCC(=O)c1ccc(SC)cc1OC(F)F. The van der Waals surface area contributed by atoms with Crippen molar-refractivity contribution in [3.8, 4) is 5.75 Å². The lowest BCUT2D eigenvalue weighted by Crippen LogP contribution is -2.07. The molecule has 0 atom stereocenters. The summed E-state index contributed by atoms with van der Waals surface area (Å²) in [5.41, 5.74) is 0.209. The van der Waals surface area contributed by atoms with Gasteiger partial charge in [0, 0.05) is 11.3 Å². The van der Waals surface area contributed by atoms with E-state index in [1.54, 1.807) is 13.0 Å². The molecule has 0 aliphatic rings. The molecular weight excluding hydrogens is 234 g/mol. The third kappa shape index (κ3) is 3.20. The maximum absolute atomic E-state index is 12.2. The topological polar surface area (TPSA) is 26.3 Å². The standard InChI is InChI=1S/C11H12F2O2S/c1-3-9(14)8-5-4-7(16-2)6-10(8)15-11(12)13/h4-6,11H,3H2,1-2H3. The second kappa shape index (κ2) is 5.84. The van der Waals surface area contributed by atoms with Gasteiger partial charge < -0.3 is 4.74 Å². The minimum absolute atomic E-state index is 0.0475. The molecule has 0 spiro atoms. The molecule has 0 N–H and O–H groups in total. The van der Waals surface area contributed by atoms with Gasteiger partial charge in [-0.2, -0.15) is 8.78 Å². The second-order valence-corrected chi connectivity index (χ2v) is 3.90. The fourth-order valence-corrected chi connectivity index (χ4v) is 1.67. The van der Waals surface area contributed by atoms with E-state index >= 15 is 0 Å². The van der Waals surface area contributed by atoms with Crippen molar-refractivity contribution >= 4 is 17.5 Å². The summed E-state index contributed by atoms with van der Waals surface area (Å²) in [6, 6.07) is 4.70. The van der Waals surface area contributed by atoms with Crippen LogP contribution in [0.1, 0.15) is 23.7 Å². The van der Waals surface area contributed by atoms with Crippen molar-refractivity contribution in [2.75, 3.05) is 6.26 Å². The average Bonchev–Trinajstić information content (AvgIpc) is 2.27. The largest absolute Gasteiger partial charge is 0.434 e. The molecule has 0 aliphatic carbocycles. The number of carbonyl (C=O) groups is 1. The third-order valence-corrected chi connectivity index (χ3v) is 2.75. The fourth-order valence-electron chi connectivity index (χ4n) is 1.24. The predicted octanol–water partition coefficient (Wildman–Crippen LogP) is 3.60. The molecule has 1 rings (SSSR count). The smallest absolute Gasteiger partial charge is 0.387 e. The van der Waals surface area contributed by atoms with Crippen LogP contribution in [-0.2, 0) is 0 Å². The quantitative estimate of drug-likeness (QED) is 0.586. The van der Waals surface area contributed by atoms with Gasteiger partial charge in [0.15, 0.2) is 5.78 Å². The van der Waals surface area contributed by atoms with Crippen LogP contribution in [0.2, 0.25) is 0 Å². The zero-order valence-electron chi connectivity index (χ0n) is 9.00. The number of hydrogen-bond donors (Lipinski definition) is 0. The van der Waals surface area contributed by atoms with E-state index in [2.05, 4.69) is 4.74 Å². The van der Waals surface area contributed by atoms with Crippen LogP contribution in [0, 0.1) is 0 Å². The van der Waals surface area contributed by atoms with Crippen LogP contribution >= 0.6 is 11.8 Å². The number of ketones is 1. The maximum atomic E-state index is 12.2. The number of hydrogen-bond acceptors (Lipinski definition) is 3. The van der Waals surface area contributed by atoms with Crippen LogP contribution in [0.3, 0.4) is 0 Å². The number of thioether (sulfide) groups is 1. The second-order valence-electron chi connectivity index (χ2n) is 3.02. The van der Waals surface area contributed by atoms with Crippen molar-refractivity contribution < 1.29 is 18.3 Å². The summed E-state index contributed by atoms with van der Waals surface area (Å²) in [5.74, 6) is -0.253. The van der Waals surface area contributed by atoms with E-state index in [9.17, 15) is 13.6 Å². The summed E-state index contributed by atoms with van der Waals surface area (Å²) in [5, 5.41) is 0. The monoisotopic (exact) mass is 246 g/mol. The van der Waals surface area contributed by atoms with Gasteiger partial charge in [0.05, 0.1) is 5.56 Å². The number of benzene rings is 1. The molecule has 0 fully saturated rings. The minimum Gasteiger partial charge on any atom is -0.434 e. The summed E-state index contributed by atoms with van der Waals surface area (Å²) < 4.78 is 28.7. The molecule has 0 saturated carbocycles. The van der Waals surface area contributed by atoms with Crippen molar-refractivity contribution in [3.05, 3.63) is 23.8 Å². The predicted molar refractivity (Wildman–Crippen MR) is 59.5 cm³/mol. The van der Waals surface area contributed by atoms with Crippen molar-refractivity contribution in [2.24, 2.45) is 0 Å². The molecule has 1 aromatic carbocycles. The molecule has 0 radical (unpaired) electrons. The van der Waals surface area contributed by atoms with Crippen LogP contribution in [0.5, 0.6) is 5.75 Å². The molecule has 2 nitrogen and oxygen atoms in total. The van der Waals surface area contributed by atoms with E-state index in [1.807, 2.05) is 6.26 Å². The van der Waals surface area contributed by atoms with Crippen molar-refractivity contribution in [1.82, 2.24) is 0 Å². The Morgan fingerprint density at radius 2 is 2.19 bits per heavy atom. The summed E-state index contributed by atoms with van der Waals surface area (Å²) in [6.07, 6.45) is 2.08. The molecule has 0 amide bonds. The van der Waals surface area contributed by atoms with Gasteiger partial charge in [0.1, 0.15) is 5.75 Å². The molecule has 0 saturated heterocycles. The fraction of sp³-hybridized carbons (Fsp3) is 0.364. The number of rotatable bonds is 5. The van der Waals surface area contributed by atoms with E-state index in [0.29, 0.717) is 0 Å². The highest BCUT2D eigenvalue weighted by Gasteiger charge is 2.15. The molecule has 0 heterocycles. The zero-order chi connectivity index (χ0) is 12.1. The Morgan fingerprint density at radius 3 is 2.69 bits per heavy atom. The normalized spacial score (nSPS) is 10.6. The molecule has 0 unspecified atom stereocenters. The number of halogens is 2. The number of alkyl halides is 2. The number of carbonyl (C=O) groups excluding carboxylic acids is 1. The third-order valence-electron chi connectivity index (χ3n) is 2.03. The van der Waals surface area contributed by atoms with Gasteiger partial charge in [-0.25, -0.2) is 0 Å². The first kappa shape index (κ1) is 13.0. The molecule has 0 aromatic heterocycles. The molecule has 1 aromatic rings. The molecular formula is C11H12F2O2S. The lowest BCUT2D eigenvalue weighted by Gasteiger charge is -2.10. The Balaban J connectivity index is 3.10. The Labute approximate surface area is 97.0 Å². The van der Waals surface area contributed by atoms with Gasteiger partial charge in [0.25, 0.3) is 0 Å². The highest BCUT2D eigenvalue weighted by Crippen LogP contribution is 2.27. The first-order chi connectivity index (χ1) is 7.58. The molecule has 0 bridgehead atoms. The lowest BCUT2D eigenvalue weighted by molar-refractivity contribution is -0.0502. The zero-order valence-corrected chi connectivity index (χ0v) is 9.81. The van der Waals surface area contributed by atoms with E-state index in [4.69, 9.17) is 0 Å². The highest BCUT2D eigenvalue weighted by molar-refractivity contribution is 7.98. The van der Waals surface area contributed by atoms with Crippen molar-refractivity contribution in [2.45, 2.75) is 24.9 Å². The molecule has 16 heavy (non-hydrogen) atoms. The summed E-state index contributed by atoms with van der Waals surface area (Å²) in [7, 11) is 0. The first-order valence-electron chi connectivity index (χ1n) is 4.74. The van der Waals surface area contributed by atoms with E-state index in [0.717, 1.165) is 4.90 Å². The van der Waals surface area contributed by atoms with E-state index in [1.165, 1.54) is 23.9 Å². The van der Waals surface area contributed by atoms with Crippen molar-refractivity contribution in [3.63, 3.8) is 0 Å². The number of Topliss-reactive ketones (excluding diaryl/α,β-unsaturated/α-hetero) is 1. The lowest BCUT2D eigenvalue weighted by atomic mass is 10.1. The Kier molecular flexibility index (Phi) is 4.73. The van der Waals surface area contributed by atoms with Crippen LogP contribution in [0.25, 0.3) is 0 Å². The summed E-state index contributed by atoms with van der Waals surface area (Å²) in [6.45, 7) is -1.24. The van der Waals surface area contributed by atoms with Gasteiger partial charge in [-0.05, 0) is 24.5 Å². The summed E-state index contributed by atoms with van der Waals surface area (Å²) >= 11 is 1.40. The average molecular weight is 246 g/mol. The van der Waals surface area contributed by atoms with Crippen LogP contribution in [-0.4, -0.2) is 18.7 Å². The number of ether oxygens (including phenoxy) is 1. The highest BCUT2D eigenvalue weighted by atomic mass is 32.2. The van der Waals surface area contributed by atoms with Gasteiger partial charge in [-0.3, -0.25) is 4.79 Å². The molecule has 88 valence electrons. The van der Waals surface area contributed by atoms with Gasteiger partial charge in [-0.1, -0.05) is 6.92 Å². The Hall–Kier alpha value is -1.10. The van der Waals surface area contributed by atoms with Crippen LogP contribution in [0.4, 0.5) is 8.78 Å². The maximum Gasteiger partial charge on any atom is 0.387 e.